The summed E-state index contributed by atoms with van der Waals surface area (Å²) in [4.78, 5) is 19.2. The van der Waals surface area contributed by atoms with Gasteiger partial charge in [-0.1, -0.05) is 17.7 Å². The highest BCUT2D eigenvalue weighted by molar-refractivity contribution is 6.31. The van der Waals surface area contributed by atoms with E-state index >= 15 is 0 Å². The molecule has 0 bridgehead atoms. The highest BCUT2D eigenvalue weighted by Gasteiger charge is 2.33. The van der Waals surface area contributed by atoms with Crippen LogP contribution >= 0.6 is 11.6 Å². The lowest BCUT2D eigenvalue weighted by Gasteiger charge is -2.35. The van der Waals surface area contributed by atoms with Gasteiger partial charge in [-0.2, -0.15) is 13.2 Å². The third kappa shape index (κ3) is 4.80. The summed E-state index contributed by atoms with van der Waals surface area (Å²) in [6, 6.07) is 7.51. The average Bonchev–Trinajstić information content (AvgIpc) is 2.67. The SMILES string of the molecule is O=C(/C=C/c1ccc(Cl)c(C(F)(F)F)c1)N1CCN(c2cc[nH+]cc2)CC1. The molecule has 0 radical (unpaired) electrons. The van der Waals surface area contributed by atoms with Crippen molar-refractivity contribution >= 4 is 29.3 Å². The summed E-state index contributed by atoms with van der Waals surface area (Å²) in [5.41, 5.74) is 0.448. The van der Waals surface area contributed by atoms with Gasteiger partial charge in [0.05, 0.1) is 10.6 Å². The summed E-state index contributed by atoms with van der Waals surface area (Å²) >= 11 is 5.60. The second-order valence-electron chi connectivity index (χ2n) is 6.14. The van der Waals surface area contributed by atoms with Gasteiger partial charge in [0.15, 0.2) is 12.4 Å². The summed E-state index contributed by atoms with van der Waals surface area (Å²) < 4.78 is 38.7. The molecule has 1 saturated heterocycles. The van der Waals surface area contributed by atoms with E-state index in [2.05, 4.69) is 9.88 Å². The van der Waals surface area contributed by atoms with Gasteiger partial charge in [0.1, 0.15) is 0 Å². The molecule has 4 nitrogen and oxygen atoms in total. The van der Waals surface area contributed by atoms with E-state index in [1.807, 2.05) is 24.5 Å². The van der Waals surface area contributed by atoms with Crippen LogP contribution in [0.1, 0.15) is 11.1 Å². The van der Waals surface area contributed by atoms with Gasteiger partial charge < -0.3 is 9.80 Å². The predicted molar refractivity (Wildman–Crippen MR) is 97.3 cm³/mol. The molecule has 1 aliphatic rings. The van der Waals surface area contributed by atoms with Crippen LogP contribution in [-0.2, 0) is 11.0 Å². The number of carbonyl (C=O) groups is 1. The lowest BCUT2D eigenvalue weighted by atomic mass is 10.1. The Hall–Kier alpha value is -2.54. The number of nitrogens with zero attached hydrogens (tertiary/aromatic N) is 2. The number of H-pyrrole nitrogens is 1. The predicted octanol–water partition coefficient (Wildman–Crippen LogP) is 3.53. The lowest BCUT2D eigenvalue weighted by molar-refractivity contribution is -0.377. The van der Waals surface area contributed by atoms with Gasteiger partial charge in [-0.05, 0) is 23.8 Å². The zero-order chi connectivity index (χ0) is 19.4. The first-order valence-electron chi connectivity index (χ1n) is 8.39. The van der Waals surface area contributed by atoms with Crippen LogP contribution in [0, 0.1) is 0 Å². The van der Waals surface area contributed by atoms with Crippen molar-refractivity contribution < 1.29 is 22.9 Å². The van der Waals surface area contributed by atoms with Crippen molar-refractivity contribution in [1.29, 1.82) is 0 Å². The molecule has 3 rings (SSSR count). The second kappa shape index (κ2) is 8.00. The molecule has 1 aromatic carbocycles. The van der Waals surface area contributed by atoms with Crippen LogP contribution in [0.25, 0.3) is 6.08 Å². The van der Waals surface area contributed by atoms with Gasteiger partial charge in [0.25, 0.3) is 0 Å². The van der Waals surface area contributed by atoms with Crippen LogP contribution < -0.4 is 9.88 Å². The first kappa shape index (κ1) is 19.2. The van der Waals surface area contributed by atoms with Crippen LogP contribution in [-0.4, -0.2) is 37.0 Å². The Morgan fingerprint density at radius 2 is 1.74 bits per heavy atom. The number of hydrogen-bond donors (Lipinski definition) is 0. The Bertz CT molecular complexity index is 832. The van der Waals surface area contributed by atoms with Gasteiger partial charge in [0.2, 0.25) is 5.91 Å². The number of aromatic amines is 1. The number of aromatic nitrogens is 1. The molecular weight excluding hydrogens is 379 g/mol. The van der Waals surface area contributed by atoms with E-state index in [1.54, 1.807) is 4.90 Å². The number of amides is 1. The van der Waals surface area contributed by atoms with Crippen molar-refractivity contribution in [3.63, 3.8) is 0 Å². The van der Waals surface area contributed by atoms with Crippen LogP contribution in [0.15, 0.2) is 48.8 Å². The van der Waals surface area contributed by atoms with E-state index in [0.717, 1.165) is 11.8 Å². The molecule has 2 aromatic rings. The Labute approximate surface area is 159 Å². The van der Waals surface area contributed by atoms with Gasteiger partial charge in [-0.15, -0.1) is 0 Å². The fraction of sp³-hybridized carbons (Fsp3) is 0.263. The number of benzene rings is 1. The van der Waals surface area contributed by atoms with E-state index in [9.17, 15) is 18.0 Å². The summed E-state index contributed by atoms with van der Waals surface area (Å²) in [5, 5.41) is -0.361. The molecule has 0 aliphatic carbocycles. The van der Waals surface area contributed by atoms with Gasteiger partial charge in [-0.3, -0.25) is 4.79 Å². The summed E-state index contributed by atoms with van der Waals surface area (Å²) in [5.74, 6) is -0.223. The maximum absolute atomic E-state index is 12.9. The largest absolute Gasteiger partial charge is 0.417 e. The molecule has 2 heterocycles. The van der Waals surface area contributed by atoms with Crippen molar-refractivity contribution in [3.05, 3.63) is 65.0 Å². The number of hydrogen-bond acceptors (Lipinski definition) is 2. The number of carbonyl (C=O) groups excluding carboxylic acids is 1. The number of nitrogens with one attached hydrogen (secondary N) is 1. The average molecular weight is 397 g/mol. The fourth-order valence-electron chi connectivity index (χ4n) is 2.91. The minimum absolute atomic E-state index is 0.223. The number of rotatable bonds is 3. The number of halogens is 4. The lowest BCUT2D eigenvalue weighted by Crippen LogP contribution is -2.48. The number of anilines is 1. The number of alkyl halides is 3. The molecule has 0 spiro atoms. The Morgan fingerprint density at radius 3 is 2.37 bits per heavy atom. The van der Waals surface area contributed by atoms with E-state index in [-0.39, 0.29) is 16.5 Å². The van der Waals surface area contributed by atoms with Crippen molar-refractivity contribution in [3.8, 4) is 0 Å². The molecule has 1 aromatic heterocycles. The molecule has 1 amide bonds. The minimum Gasteiger partial charge on any atom is -0.368 e. The second-order valence-corrected chi connectivity index (χ2v) is 6.55. The monoisotopic (exact) mass is 396 g/mol. The summed E-state index contributed by atoms with van der Waals surface area (Å²) in [6.45, 7) is 2.50. The Morgan fingerprint density at radius 1 is 1.07 bits per heavy atom. The zero-order valence-electron chi connectivity index (χ0n) is 14.3. The molecule has 0 saturated carbocycles. The Balaban J connectivity index is 1.61. The summed E-state index contributed by atoms with van der Waals surface area (Å²) in [7, 11) is 0. The van der Waals surface area contributed by atoms with E-state index in [4.69, 9.17) is 11.6 Å². The van der Waals surface area contributed by atoms with Crippen LogP contribution in [0.2, 0.25) is 5.02 Å². The van der Waals surface area contributed by atoms with E-state index < -0.39 is 11.7 Å². The summed E-state index contributed by atoms with van der Waals surface area (Å²) in [6.07, 6.45) is 1.84. The third-order valence-electron chi connectivity index (χ3n) is 4.37. The molecule has 0 atom stereocenters. The van der Waals surface area contributed by atoms with E-state index in [1.165, 1.54) is 24.3 Å². The van der Waals surface area contributed by atoms with Crippen LogP contribution in [0.3, 0.4) is 0 Å². The molecule has 27 heavy (non-hydrogen) atoms. The molecule has 1 fully saturated rings. The normalized spacial score (nSPS) is 15.4. The first-order chi connectivity index (χ1) is 12.8. The smallest absolute Gasteiger partial charge is 0.368 e. The first-order valence-corrected chi connectivity index (χ1v) is 8.77. The zero-order valence-corrected chi connectivity index (χ0v) is 15.1. The fourth-order valence-corrected chi connectivity index (χ4v) is 3.14. The quantitative estimate of drug-likeness (QED) is 0.744. The number of pyridine rings is 1. The van der Waals surface area contributed by atoms with Crippen LogP contribution in [0.4, 0.5) is 18.9 Å². The van der Waals surface area contributed by atoms with Crippen molar-refractivity contribution in [2.24, 2.45) is 0 Å². The standard InChI is InChI=1S/C19H17ClF3N3O/c20-17-3-1-14(13-16(17)19(21,22)23)2-4-18(27)26-11-9-25(10-12-26)15-5-7-24-8-6-15/h1-8,13H,9-12H2/p+1/b4-2+. The topological polar surface area (TPSA) is 37.7 Å². The highest BCUT2D eigenvalue weighted by Crippen LogP contribution is 2.35. The maximum Gasteiger partial charge on any atom is 0.417 e. The molecule has 0 unspecified atom stereocenters. The van der Waals surface area contributed by atoms with Crippen LogP contribution in [0.5, 0.6) is 0 Å². The van der Waals surface area contributed by atoms with Gasteiger partial charge >= 0.3 is 6.18 Å². The highest BCUT2D eigenvalue weighted by atomic mass is 35.5. The van der Waals surface area contributed by atoms with Crippen molar-refractivity contribution in [1.82, 2.24) is 4.90 Å². The van der Waals surface area contributed by atoms with Gasteiger partial charge in [-0.25, -0.2) is 4.98 Å². The molecular formula is C19H18ClF3N3O+. The number of piperazine rings is 1. The third-order valence-corrected chi connectivity index (χ3v) is 4.70. The maximum atomic E-state index is 12.9. The molecule has 1 aliphatic heterocycles. The van der Waals surface area contributed by atoms with Gasteiger partial charge in [0, 0.05) is 50.1 Å². The molecule has 142 valence electrons. The van der Waals surface area contributed by atoms with Crippen molar-refractivity contribution in [2.75, 3.05) is 31.1 Å². The van der Waals surface area contributed by atoms with E-state index in [0.29, 0.717) is 26.2 Å². The minimum atomic E-state index is -4.53. The molecule has 1 N–H and O–H groups in total. The van der Waals surface area contributed by atoms with Crippen molar-refractivity contribution in [2.45, 2.75) is 6.18 Å². The molecule has 8 heteroatoms. The Kier molecular flexibility index (Phi) is 5.70.